The van der Waals surface area contributed by atoms with Gasteiger partial charge in [-0.1, -0.05) is 36.4 Å². The number of carbonyl (C=O) groups is 2. The minimum absolute atomic E-state index is 0.0447. The molecule has 1 saturated heterocycles. The minimum Gasteiger partial charge on any atom is -0.493 e. The molecule has 2 aliphatic heterocycles. The van der Waals surface area contributed by atoms with Crippen molar-refractivity contribution in [1.82, 2.24) is 9.80 Å². The van der Waals surface area contributed by atoms with E-state index in [2.05, 4.69) is 0 Å². The molecule has 3 aromatic carbocycles. The third kappa shape index (κ3) is 4.83. The fourth-order valence-corrected chi connectivity index (χ4v) is 5.20. The van der Waals surface area contributed by atoms with Crippen molar-refractivity contribution in [3.05, 3.63) is 89.2 Å². The minimum atomic E-state index is -0.475. The smallest absolute Gasteiger partial charge is 0.255 e. The molecule has 2 heterocycles. The summed E-state index contributed by atoms with van der Waals surface area (Å²) < 4.78 is 25.1. The van der Waals surface area contributed by atoms with Crippen LogP contribution in [0.25, 0.3) is 0 Å². The Bertz CT molecular complexity index is 1310. The highest BCUT2D eigenvalue weighted by Crippen LogP contribution is 2.37. The summed E-state index contributed by atoms with van der Waals surface area (Å²) in [5.74, 6) is 0.726. The van der Waals surface area contributed by atoms with Crippen molar-refractivity contribution in [2.24, 2.45) is 0 Å². The first-order valence-corrected chi connectivity index (χ1v) is 12.4. The van der Waals surface area contributed by atoms with E-state index in [4.69, 9.17) is 9.47 Å². The zero-order valence-corrected chi connectivity index (χ0v) is 21.0. The quantitative estimate of drug-likeness (QED) is 0.482. The average molecular weight is 504 g/mol. The number of para-hydroxylation sites is 1. The number of halogens is 1. The largest absolute Gasteiger partial charge is 0.493 e. The molecule has 8 heteroatoms. The lowest BCUT2D eigenvalue weighted by Crippen LogP contribution is -2.49. The van der Waals surface area contributed by atoms with Crippen molar-refractivity contribution in [3.8, 4) is 11.5 Å². The van der Waals surface area contributed by atoms with E-state index in [1.807, 2.05) is 47.4 Å². The van der Waals surface area contributed by atoms with E-state index in [1.54, 1.807) is 42.2 Å². The van der Waals surface area contributed by atoms with Gasteiger partial charge in [-0.25, -0.2) is 4.39 Å². The second-order valence-corrected chi connectivity index (χ2v) is 9.24. The molecular formula is C29H30FN3O4. The van der Waals surface area contributed by atoms with E-state index in [9.17, 15) is 14.0 Å². The molecule has 37 heavy (non-hydrogen) atoms. The summed E-state index contributed by atoms with van der Waals surface area (Å²) in [5, 5.41) is 0. The molecule has 0 aliphatic carbocycles. The molecule has 1 fully saturated rings. The van der Waals surface area contributed by atoms with Crippen LogP contribution in [0.5, 0.6) is 11.5 Å². The van der Waals surface area contributed by atoms with Crippen molar-refractivity contribution in [2.45, 2.75) is 19.0 Å². The number of rotatable bonds is 7. The number of piperazine rings is 1. The summed E-state index contributed by atoms with van der Waals surface area (Å²) in [4.78, 5) is 32.5. The fraction of sp³-hybridized carbons (Fsp3) is 0.310. The molecule has 0 bridgehead atoms. The van der Waals surface area contributed by atoms with Gasteiger partial charge in [-0.05, 0) is 41.5 Å². The first-order chi connectivity index (χ1) is 18.0. The molecule has 0 N–H and O–H groups in total. The first-order valence-electron chi connectivity index (χ1n) is 12.4. The maximum atomic E-state index is 14.2. The fourth-order valence-electron chi connectivity index (χ4n) is 5.20. The molecule has 0 saturated carbocycles. The molecule has 0 spiro atoms. The molecule has 1 atom stereocenters. The zero-order valence-electron chi connectivity index (χ0n) is 21.0. The molecule has 192 valence electrons. The van der Waals surface area contributed by atoms with Crippen LogP contribution in [0.15, 0.2) is 66.7 Å². The van der Waals surface area contributed by atoms with Gasteiger partial charge < -0.3 is 24.2 Å². The molecular weight excluding hydrogens is 473 g/mol. The Balaban J connectivity index is 1.37. The Morgan fingerprint density at radius 2 is 1.62 bits per heavy atom. The van der Waals surface area contributed by atoms with Gasteiger partial charge in [0.2, 0.25) is 5.91 Å². The maximum absolute atomic E-state index is 14.2. The van der Waals surface area contributed by atoms with Crippen molar-refractivity contribution >= 4 is 17.5 Å². The summed E-state index contributed by atoms with van der Waals surface area (Å²) in [5.41, 5.74) is 2.97. The van der Waals surface area contributed by atoms with Crippen LogP contribution in [0.2, 0.25) is 0 Å². The summed E-state index contributed by atoms with van der Waals surface area (Å²) in [6.07, 6.45) is 0.134. The van der Waals surface area contributed by atoms with Crippen LogP contribution in [0.4, 0.5) is 10.1 Å². The van der Waals surface area contributed by atoms with Gasteiger partial charge in [0.15, 0.2) is 11.5 Å². The molecule has 0 radical (unpaired) electrons. The maximum Gasteiger partial charge on any atom is 0.255 e. The van der Waals surface area contributed by atoms with Crippen LogP contribution in [0.1, 0.15) is 33.9 Å². The van der Waals surface area contributed by atoms with Crippen LogP contribution < -0.4 is 14.4 Å². The Labute approximate surface area is 216 Å². The predicted molar refractivity (Wildman–Crippen MR) is 138 cm³/mol. The van der Waals surface area contributed by atoms with Crippen molar-refractivity contribution < 1.29 is 23.5 Å². The van der Waals surface area contributed by atoms with Crippen LogP contribution in [0, 0.1) is 5.82 Å². The molecule has 3 aromatic rings. The van der Waals surface area contributed by atoms with Gasteiger partial charge in [-0.2, -0.15) is 0 Å². The second kappa shape index (κ2) is 10.5. The van der Waals surface area contributed by atoms with Crippen molar-refractivity contribution in [3.63, 3.8) is 0 Å². The average Bonchev–Trinajstić information content (AvgIpc) is 3.27. The van der Waals surface area contributed by atoms with Crippen molar-refractivity contribution in [2.75, 3.05) is 45.3 Å². The lowest BCUT2D eigenvalue weighted by molar-refractivity contribution is -0.132. The zero-order chi connectivity index (χ0) is 25.9. The van der Waals surface area contributed by atoms with E-state index in [1.165, 1.54) is 6.07 Å². The number of carbonyl (C=O) groups excluding carboxylic acids is 2. The Morgan fingerprint density at radius 1 is 0.919 bits per heavy atom. The van der Waals surface area contributed by atoms with E-state index < -0.39 is 6.04 Å². The standard InChI is InChI=1S/C29H30FN3O4/c1-36-26-12-11-20(17-27(26)37-2)25(33-19-21-7-3-4-8-22(21)29(33)35)18-28(34)32-15-13-31(14-16-32)24-10-6-5-9-23(24)30/h3-12,17,25H,13-16,18-19H2,1-2H3. The van der Waals surface area contributed by atoms with Crippen LogP contribution in [-0.2, 0) is 11.3 Å². The first kappa shape index (κ1) is 24.6. The lowest BCUT2D eigenvalue weighted by Gasteiger charge is -2.37. The highest BCUT2D eigenvalue weighted by atomic mass is 19.1. The Kier molecular flexibility index (Phi) is 6.99. The topological polar surface area (TPSA) is 62.3 Å². The highest BCUT2D eigenvalue weighted by molar-refractivity contribution is 5.99. The second-order valence-electron chi connectivity index (χ2n) is 9.24. The molecule has 1 unspecified atom stereocenters. The van der Waals surface area contributed by atoms with E-state index in [0.717, 1.165) is 11.1 Å². The number of hydrogen-bond donors (Lipinski definition) is 0. The molecule has 5 rings (SSSR count). The number of nitrogens with zero attached hydrogens (tertiary/aromatic N) is 3. The van der Waals surface area contributed by atoms with Gasteiger partial charge in [0.1, 0.15) is 5.82 Å². The number of benzene rings is 3. The summed E-state index contributed by atoms with van der Waals surface area (Å²) in [7, 11) is 3.13. The Hall–Kier alpha value is -4.07. The number of methoxy groups -OCH3 is 2. The van der Waals surface area contributed by atoms with Gasteiger partial charge in [-0.15, -0.1) is 0 Å². The molecule has 2 amide bonds. The summed E-state index contributed by atoms with van der Waals surface area (Å²) in [6.45, 7) is 2.49. The number of hydrogen-bond acceptors (Lipinski definition) is 5. The normalized spacial score (nSPS) is 16.0. The number of anilines is 1. The number of ether oxygens (including phenoxy) is 2. The number of amides is 2. The lowest BCUT2D eigenvalue weighted by atomic mass is 10.00. The van der Waals surface area contributed by atoms with Crippen LogP contribution in [-0.4, -0.2) is 62.0 Å². The molecule has 2 aliphatic rings. The van der Waals surface area contributed by atoms with Crippen LogP contribution in [0.3, 0.4) is 0 Å². The third-order valence-electron chi connectivity index (χ3n) is 7.21. The Morgan fingerprint density at radius 3 is 2.32 bits per heavy atom. The molecule has 0 aromatic heterocycles. The van der Waals surface area contributed by atoms with Gasteiger partial charge in [-0.3, -0.25) is 9.59 Å². The van der Waals surface area contributed by atoms with Crippen LogP contribution >= 0.6 is 0 Å². The summed E-state index contributed by atoms with van der Waals surface area (Å²) >= 11 is 0. The van der Waals surface area contributed by atoms with E-state index in [-0.39, 0.29) is 24.1 Å². The SMILES string of the molecule is COc1ccc(C(CC(=O)N2CCN(c3ccccc3F)CC2)N2Cc3ccccc3C2=O)cc1OC. The monoisotopic (exact) mass is 503 g/mol. The van der Waals surface area contributed by atoms with Gasteiger partial charge in [0.05, 0.1) is 32.4 Å². The van der Waals surface area contributed by atoms with Gasteiger partial charge in [0.25, 0.3) is 5.91 Å². The highest BCUT2D eigenvalue weighted by Gasteiger charge is 2.36. The van der Waals surface area contributed by atoms with Gasteiger partial charge >= 0.3 is 0 Å². The van der Waals surface area contributed by atoms with Crippen molar-refractivity contribution in [1.29, 1.82) is 0 Å². The summed E-state index contributed by atoms with van der Waals surface area (Å²) in [6, 6.07) is 19.3. The third-order valence-corrected chi connectivity index (χ3v) is 7.21. The van der Waals surface area contributed by atoms with E-state index >= 15 is 0 Å². The molecule has 7 nitrogen and oxygen atoms in total. The van der Waals surface area contributed by atoms with Gasteiger partial charge in [0, 0.05) is 38.3 Å². The predicted octanol–water partition coefficient (Wildman–Crippen LogP) is 4.28. The number of fused-ring (bicyclic) bond motifs is 1. The van der Waals surface area contributed by atoms with E-state index in [0.29, 0.717) is 55.5 Å².